The molecule has 0 saturated carbocycles. The summed E-state index contributed by atoms with van der Waals surface area (Å²) < 4.78 is 10.6. The second-order valence-corrected chi connectivity index (χ2v) is 4.49. The van der Waals surface area contributed by atoms with E-state index in [0.717, 1.165) is 34.2 Å². The van der Waals surface area contributed by atoms with Gasteiger partial charge in [-0.05, 0) is 24.6 Å². The van der Waals surface area contributed by atoms with Crippen molar-refractivity contribution in [2.75, 3.05) is 6.79 Å². The molecule has 0 amide bonds. The fourth-order valence-corrected chi connectivity index (χ4v) is 2.42. The van der Waals surface area contributed by atoms with E-state index < -0.39 is 0 Å². The van der Waals surface area contributed by atoms with E-state index in [1.54, 1.807) is 11.3 Å². The van der Waals surface area contributed by atoms with Crippen LogP contribution in [0.2, 0.25) is 0 Å². The largest absolute Gasteiger partial charge is 0.454 e. The van der Waals surface area contributed by atoms with Gasteiger partial charge >= 0.3 is 0 Å². The summed E-state index contributed by atoms with van der Waals surface area (Å²) >= 11 is 1.69. The van der Waals surface area contributed by atoms with Crippen LogP contribution in [0, 0.1) is 0 Å². The van der Waals surface area contributed by atoms with Gasteiger partial charge in [0.2, 0.25) is 6.79 Å². The van der Waals surface area contributed by atoms with Gasteiger partial charge in [0.05, 0.1) is 10.7 Å². The maximum absolute atomic E-state index is 5.35. The molecule has 16 heavy (non-hydrogen) atoms. The van der Waals surface area contributed by atoms with Crippen LogP contribution in [-0.2, 0) is 6.42 Å². The van der Waals surface area contributed by atoms with Crippen molar-refractivity contribution in [1.82, 2.24) is 4.98 Å². The summed E-state index contributed by atoms with van der Waals surface area (Å²) in [5.41, 5.74) is 2.10. The lowest BCUT2D eigenvalue weighted by atomic mass is 10.1. The van der Waals surface area contributed by atoms with Crippen LogP contribution in [0.25, 0.3) is 11.3 Å². The van der Waals surface area contributed by atoms with Gasteiger partial charge in [-0.15, -0.1) is 11.3 Å². The van der Waals surface area contributed by atoms with Crippen LogP contribution in [0.3, 0.4) is 0 Å². The van der Waals surface area contributed by atoms with Crippen LogP contribution in [-0.4, -0.2) is 11.8 Å². The van der Waals surface area contributed by atoms with Crippen LogP contribution in [0.4, 0.5) is 0 Å². The van der Waals surface area contributed by atoms with Gasteiger partial charge in [0.15, 0.2) is 11.5 Å². The third-order valence-electron chi connectivity index (χ3n) is 2.52. The molecule has 3 rings (SSSR count). The summed E-state index contributed by atoms with van der Waals surface area (Å²) in [4.78, 5) is 4.55. The van der Waals surface area contributed by atoms with Crippen molar-refractivity contribution >= 4 is 11.3 Å². The molecular weight excluding hydrogens is 222 g/mol. The molecule has 1 aromatic heterocycles. The molecule has 0 radical (unpaired) electrons. The van der Waals surface area contributed by atoms with E-state index in [2.05, 4.69) is 17.3 Å². The van der Waals surface area contributed by atoms with Crippen LogP contribution in [0.15, 0.2) is 23.6 Å². The lowest BCUT2D eigenvalue weighted by molar-refractivity contribution is 0.174. The average molecular weight is 233 g/mol. The first-order valence-electron chi connectivity index (χ1n) is 5.21. The number of fused-ring (bicyclic) bond motifs is 1. The number of rotatable bonds is 2. The molecule has 2 aromatic rings. The van der Waals surface area contributed by atoms with Crippen LogP contribution < -0.4 is 9.47 Å². The maximum Gasteiger partial charge on any atom is 0.231 e. The predicted molar refractivity (Wildman–Crippen MR) is 63.1 cm³/mol. The summed E-state index contributed by atoms with van der Waals surface area (Å²) in [5, 5.41) is 3.24. The van der Waals surface area contributed by atoms with Crippen LogP contribution in [0.1, 0.15) is 11.9 Å². The van der Waals surface area contributed by atoms with Gasteiger partial charge in [0.1, 0.15) is 0 Å². The van der Waals surface area contributed by atoms with Crippen LogP contribution in [0.5, 0.6) is 11.5 Å². The fourth-order valence-electron chi connectivity index (χ4n) is 1.66. The quantitative estimate of drug-likeness (QED) is 0.798. The first kappa shape index (κ1) is 9.66. The molecule has 0 aliphatic carbocycles. The molecule has 3 nitrogen and oxygen atoms in total. The van der Waals surface area contributed by atoms with Crippen molar-refractivity contribution < 1.29 is 9.47 Å². The topological polar surface area (TPSA) is 31.4 Å². The number of benzene rings is 1. The molecular formula is C12H11NO2S. The lowest BCUT2D eigenvalue weighted by Gasteiger charge is -1.99. The zero-order chi connectivity index (χ0) is 11.0. The lowest BCUT2D eigenvalue weighted by Crippen LogP contribution is -1.92. The summed E-state index contributed by atoms with van der Waals surface area (Å²) in [6.45, 7) is 2.43. The molecule has 0 N–H and O–H groups in total. The Bertz CT molecular complexity index is 521. The maximum atomic E-state index is 5.35. The minimum absolute atomic E-state index is 0.316. The van der Waals surface area contributed by atoms with Gasteiger partial charge in [-0.1, -0.05) is 6.92 Å². The Morgan fingerprint density at radius 2 is 2.19 bits per heavy atom. The minimum Gasteiger partial charge on any atom is -0.454 e. The molecule has 2 heterocycles. The molecule has 0 unspecified atom stereocenters. The fraction of sp³-hybridized carbons (Fsp3) is 0.250. The van der Waals surface area contributed by atoms with Crippen molar-refractivity contribution in [1.29, 1.82) is 0 Å². The van der Waals surface area contributed by atoms with E-state index in [-0.39, 0.29) is 0 Å². The second-order valence-electron chi connectivity index (χ2n) is 3.55. The monoisotopic (exact) mass is 233 g/mol. The van der Waals surface area contributed by atoms with Crippen molar-refractivity contribution in [3.05, 3.63) is 28.6 Å². The van der Waals surface area contributed by atoms with E-state index >= 15 is 0 Å². The molecule has 0 bridgehead atoms. The third kappa shape index (κ3) is 1.55. The Hall–Kier alpha value is -1.55. The van der Waals surface area contributed by atoms with Crippen molar-refractivity contribution in [3.8, 4) is 22.8 Å². The highest BCUT2D eigenvalue weighted by molar-refractivity contribution is 7.09. The Morgan fingerprint density at radius 1 is 1.31 bits per heavy atom. The molecule has 0 saturated heterocycles. The molecule has 0 fully saturated rings. The van der Waals surface area contributed by atoms with E-state index in [9.17, 15) is 0 Å². The van der Waals surface area contributed by atoms with Gasteiger partial charge < -0.3 is 9.47 Å². The summed E-state index contributed by atoms with van der Waals surface area (Å²) in [5.74, 6) is 1.62. The third-order valence-corrected chi connectivity index (χ3v) is 3.52. The number of hydrogen-bond acceptors (Lipinski definition) is 4. The molecule has 4 heteroatoms. The van der Waals surface area contributed by atoms with Crippen molar-refractivity contribution in [3.63, 3.8) is 0 Å². The Balaban J connectivity index is 2.00. The molecule has 1 aliphatic heterocycles. The van der Waals surface area contributed by atoms with E-state index in [0.29, 0.717) is 6.79 Å². The number of aromatic nitrogens is 1. The number of aryl methyl sites for hydroxylation is 1. The minimum atomic E-state index is 0.316. The molecule has 1 aliphatic rings. The van der Waals surface area contributed by atoms with E-state index in [1.807, 2.05) is 18.2 Å². The van der Waals surface area contributed by atoms with E-state index in [4.69, 9.17) is 9.47 Å². The van der Waals surface area contributed by atoms with Crippen molar-refractivity contribution in [2.24, 2.45) is 0 Å². The zero-order valence-electron chi connectivity index (χ0n) is 8.90. The van der Waals surface area contributed by atoms with Gasteiger partial charge in [-0.25, -0.2) is 4.98 Å². The standard InChI is InChI=1S/C12H11NO2S/c1-2-12-13-9(6-16-12)8-3-4-10-11(5-8)15-7-14-10/h3-6H,2,7H2,1H3. The molecule has 0 spiro atoms. The molecule has 82 valence electrons. The zero-order valence-corrected chi connectivity index (χ0v) is 9.71. The van der Waals surface area contributed by atoms with Crippen molar-refractivity contribution in [2.45, 2.75) is 13.3 Å². The summed E-state index contributed by atoms with van der Waals surface area (Å²) in [6, 6.07) is 5.93. The first-order valence-corrected chi connectivity index (χ1v) is 6.09. The van der Waals surface area contributed by atoms with Gasteiger partial charge in [-0.3, -0.25) is 0 Å². The number of ether oxygens (including phenoxy) is 2. The molecule has 1 aromatic carbocycles. The number of thiazole rings is 1. The highest BCUT2D eigenvalue weighted by atomic mass is 32.1. The summed E-state index contributed by atoms with van der Waals surface area (Å²) in [6.07, 6.45) is 0.981. The number of hydrogen-bond donors (Lipinski definition) is 0. The second kappa shape index (κ2) is 3.79. The highest BCUT2D eigenvalue weighted by Crippen LogP contribution is 2.36. The normalized spacial score (nSPS) is 13.1. The molecule has 0 atom stereocenters. The first-order chi connectivity index (χ1) is 7.86. The van der Waals surface area contributed by atoms with Gasteiger partial charge in [0, 0.05) is 10.9 Å². The average Bonchev–Trinajstić information content (AvgIpc) is 2.96. The van der Waals surface area contributed by atoms with E-state index in [1.165, 1.54) is 0 Å². The smallest absolute Gasteiger partial charge is 0.231 e. The highest BCUT2D eigenvalue weighted by Gasteiger charge is 2.14. The van der Waals surface area contributed by atoms with Crippen LogP contribution >= 0.6 is 11.3 Å². The SMILES string of the molecule is CCc1nc(-c2ccc3c(c2)OCO3)cs1. The Morgan fingerprint density at radius 3 is 3.00 bits per heavy atom. The Labute approximate surface area is 97.7 Å². The number of nitrogens with zero attached hydrogens (tertiary/aromatic N) is 1. The summed E-state index contributed by atoms with van der Waals surface area (Å²) in [7, 11) is 0. The Kier molecular flexibility index (Phi) is 2.29. The van der Waals surface area contributed by atoms with Gasteiger partial charge in [0.25, 0.3) is 0 Å². The van der Waals surface area contributed by atoms with Gasteiger partial charge in [-0.2, -0.15) is 0 Å². The predicted octanol–water partition coefficient (Wildman–Crippen LogP) is 3.10.